The van der Waals surface area contributed by atoms with Crippen LogP contribution in [0.1, 0.15) is 90.9 Å². The van der Waals surface area contributed by atoms with Crippen LogP contribution in [0, 0.1) is 0 Å². The van der Waals surface area contributed by atoms with Crippen molar-refractivity contribution >= 4 is 36.9 Å². The predicted octanol–water partition coefficient (Wildman–Crippen LogP) is 4.48. The zero-order chi connectivity index (χ0) is 16.7. The summed E-state index contributed by atoms with van der Waals surface area (Å²) in [5, 5.41) is 0. The van der Waals surface area contributed by atoms with Crippen molar-refractivity contribution in [3.05, 3.63) is 0 Å². The molecule has 0 heterocycles. The Balaban J connectivity index is -0.000000333. The Morgan fingerprint density at radius 3 is 1.17 bits per heavy atom. The molecule has 0 unspecified atom stereocenters. The summed E-state index contributed by atoms with van der Waals surface area (Å²) in [7, 11) is 0. The van der Waals surface area contributed by atoms with Gasteiger partial charge in [-0.15, -0.1) is 0 Å². The minimum absolute atomic E-state index is 0. The zero-order valence-electron chi connectivity index (χ0n) is 15.0. The summed E-state index contributed by atoms with van der Waals surface area (Å²) < 4.78 is 8.87. The standard InChI is InChI=1S/2C9H17O2.Sn/c2*1-2-3-4-5-6-7-8-11-9-10;/h2*2-8H2,1H3;/q2*-1;+2. The van der Waals surface area contributed by atoms with E-state index in [0.717, 1.165) is 12.8 Å². The molecule has 0 atom stereocenters. The van der Waals surface area contributed by atoms with Gasteiger partial charge in [-0.1, -0.05) is 91.0 Å². The molecule has 0 saturated carbocycles. The normalized spacial score (nSPS) is 9.13. The van der Waals surface area contributed by atoms with Gasteiger partial charge < -0.3 is 19.1 Å². The van der Waals surface area contributed by atoms with Gasteiger partial charge in [0.25, 0.3) is 0 Å². The molecular weight excluding hydrogens is 399 g/mol. The van der Waals surface area contributed by atoms with Crippen LogP contribution in [0.2, 0.25) is 0 Å². The first-order valence-corrected chi connectivity index (χ1v) is 8.81. The minimum atomic E-state index is 0. The average Bonchev–Trinajstić information content (AvgIpc) is 2.54. The van der Waals surface area contributed by atoms with Gasteiger partial charge in [-0.3, -0.25) is 0 Å². The number of carbonyl (C=O) groups excluding carboxylic acids is 2. The molecule has 23 heavy (non-hydrogen) atoms. The number of unbranched alkanes of at least 4 members (excludes halogenated alkanes) is 10. The summed E-state index contributed by atoms with van der Waals surface area (Å²) in [5.74, 6) is 0. The van der Waals surface area contributed by atoms with Crippen molar-refractivity contribution in [2.45, 2.75) is 90.9 Å². The van der Waals surface area contributed by atoms with Crippen molar-refractivity contribution in [3.8, 4) is 0 Å². The zero-order valence-corrected chi connectivity index (χ0v) is 17.9. The molecule has 0 fully saturated rings. The molecule has 0 rings (SSSR count). The number of rotatable bonds is 16. The largest absolute Gasteiger partial charge is 2.00 e. The van der Waals surface area contributed by atoms with Crippen LogP contribution in [0.15, 0.2) is 0 Å². The average molecular weight is 433 g/mol. The molecule has 0 saturated heterocycles. The Morgan fingerprint density at radius 2 is 0.870 bits per heavy atom. The first kappa shape index (κ1) is 27.6. The summed E-state index contributed by atoms with van der Waals surface area (Å²) in [6.45, 7) is 8.31. The van der Waals surface area contributed by atoms with E-state index in [9.17, 15) is 9.59 Å². The fourth-order valence-corrected chi connectivity index (χ4v) is 1.99. The monoisotopic (exact) mass is 434 g/mol. The van der Waals surface area contributed by atoms with Crippen molar-refractivity contribution in [2.75, 3.05) is 13.2 Å². The van der Waals surface area contributed by atoms with Crippen LogP contribution in [-0.4, -0.2) is 50.1 Å². The second-order valence-corrected chi connectivity index (χ2v) is 5.40. The fraction of sp³-hybridized carbons (Fsp3) is 0.889. The molecule has 0 bridgehead atoms. The van der Waals surface area contributed by atoms with Crippen LogP contribution < -0.4 is 0 Å². The second-order valence-electron chi connectivity index (χ2n) is 5.40. The Morgan fingerprint density at radius 1 is 0.565 bits per heavy atom. The molecule has 0 aromatic heterocycles. The molecule has 0 N–H and O–H groups in total. The molecule has 0 aliphatic carbocycles. The molecule has 0 aliphatic heterocycles. The van der Waals surface area contributed by atoms with Crippen LogP contribution in [0.4, 0.5) is 0 Å². The third-order valence-electron chi connectivity index (χ3n) is 3.32. The third kappa shape index (κ3) is 34.2. The smallest absolute Gasteiger partial charge is 0.653 e. The van der Waals surface area contributed by atoms with E-state index in [1.165, 1.54) is 77.2 Å². The second kappa shape index (κ2) is 29.7. The van der Waals surface area contributed by atoms with Crippen molar-refractivity contribution in [1.29, 1.82) is 0 Å². The van der Waals surface area contributed by atoms with E-state index in [-0.39, 0.29) is 23.9 Å². The Labute approximate surface area is 160 Å². The van der Waals surface area contributed by atoms with Crippen LogP contribution >= 0.6 is 0 Å². The molecule has 0 aromatic carbocycles. The summed E-state index contributed by atoms with van der Waals surface area (Å²) in [6, 6.07) is 0. The molecule has 5 heteroatoms. The van der Waals surface area contributed by atoms with E-state index in [1.807, 2.05) is 0 Å². The summed E-state index contributed by atoms with van der Waals surface area (Å²) in [5.41, 5.74) is 0. The van der Waals surface area contributed by atoms with E-state index in [1.54, 1.807) is 0 Å². The Hall–Kier alpha value is -0.261. The van der Waals surface area contributed by atoms with Crippen molar-refractivity contribution < 1.29 is 19.1 Å². The van der Waals surface area contributed by atoms with Crippen LogP contribution in [0.3, 0.4) is 0 Å². The SMILES string of the molecule is CCCCCCCCO[C-]=O.CCCCCCCCO[C-]=O.[Sn+2]. The Bertz CT molecular complexity index is 191. The first-order chi connectivity index (χ1) is 10.8. The van der Waals surface area contributed by atoms with Gasteiger partial charge in [-0.05, 0) is 12.8 Å². The molecular formula is C18H34O4Sn. The maximum atomic E-state index is 9.59. The topological polar surface area (TPSA) is 52.6 Å². The van der Waals surface area contributed by atoms with Gasteiger partial charge in [0.1, 0.15) is 0 Å². The first-order valence-electron chi connectivity index (χ1n) is 8.81. The quantitative estimate of drug-likeness (QED) is 0.205. The molecule has 134 valence electrons. The van der Waals surface area contributed by atoms with Gasteiger partial charge in [-0.2, -0.15) is 0 Å². The van der Waals surface area contributed by atoms with Crippen LogP contribution in [0.5, 0.6) is 0 Å². The number of ether oxygens (including phenoxy) is 2. The number of hydrogen-bond acceptors (Lipinski definition) is 4. The fourth-order valence-electron chi connectivity index (χ4n) is 1.99. The minimum Gasteiger partial charge on any atom is -0.653 e. The van der Waals surface area contributed by atoms with E-state index >= 15 is 0 Å². The van der Waals surface area contributed by atoms with Crippen molar-refractivity contribution in [2.24, 2.45) is 0 Å². The maximum Gasteiger partial charge on any atom is 2.00 e. The van der Waals surface area contributed by atoms with Crippen molar-refractivity contribution in [1.82, 2.24) is 0 Å². The summed E-state index contributed by atoms with van der Waals surface area (Å²) in [4.78, 5) is 19.2. The van der Waals surface area contributed by atoms with Gasteiger partial charge >= 0.3 is 23.9 Å². The third-order valence-corrected chi connectivity index (χ3v) is 3.32. The van der Waals surface area contributed by atoms with Gasteiger partial charge in [0.15, 0.2) is 0 Å². The Kier molecular flexibility index (Phi) is 35.6. The van der Waals surface area contributed by atoms with Gasteiger partial charge in [0.05, 0.1) is 0 Å². The van der Waals surface area contributed by atoms with E-state index in [4.69, 9.17) is 0 Å². The van der Waals surface area contributed by atoms with Gasteiger partial charge in [0, 0.05) is 13.2 Å². The van der Waals surface area contributed by atoms with Crippen LogP contribution in [0.25, 0.3) is 0 Å². The molecule has 4 nitrogen and oxygen atoms in total. The van der Waals surface area contributed by atoms with E-state index < -0.39 is 0 Å². The number of hydrogen-bond donors (Lipinski definition) is 0. The van der Waals surface area contributed by atoms with E-state index in [0.29, 0.717) is 13.2 Å². The molecule has 0 aromatic rings. The summed E-state index contributed by atoms with van der Waals surface area (Å²) in [6.07, 6.45) is 14.6. The molecule has 2 radical (unpaired) electrons. The maximum absolute atomic E-state index is 9.59. The molecule has 0 amide bonds. The molecule has 0 spiro atoms. The van der Waals surface area contributed by atoms with E-state index in [2.05, 4.69) is 23.3 Å². The van der Waals surface area contributed by atoms with Gasteiger partial charge in [-0.25, -0.2) is 0 Å². The molecule has 0 aliphatic rings. The predicted molar refractivity (Wildman–Crippen MR) is 95.8 cm³/mol. The van der Waals surface area contributed by atoms with Gasteiger partial charge in [0.2, 0.25) is 0 Å². The van der Waals surface area contributed by atoms with Crippen molar-refractivity contribution in [3.63, 3.8) is 0 Å². The van der Waals surface area contributed by atoms with Crippen LogP contribution in [-0.2, 0) is 19.1 Å². The summed E-state index contributed by atoms with van der Waals surface area (Å²) >= 11 is 0.